The summed E-state index contributed by atoms with van der Waals surface area (Å²) in [6, 6.07) is 8.26. The molecule has 1 aromatic carbocycles. The molecule has 10 nitrogen and oxygen atoms in total. The molecule has 1 aromatic rings. The summed E-state index contributed by atoms with van der Waals surface area (Å²) < 4.78 is 31.0. The third-order valence-corrected chi connectivity index (χ3v) is 13.2. The van der Waals surface area contributed by atoms with Crippen molar-refractivity contribution in [1.29, 1.82) is 0 Å². The number of fused-ring (bicyclic) bond motifs is 5. The number of rotatable bonds is 11. The largest absolute Gasteiger partial charge is 0.462 e. The van der Waals surface area contributed by atoms with Crippen LogP contribution in [0, 0.1) is 34.0 Å². The van der Waals surface area contributed by atoms with Crippen LogP contribution in [0.5, 0.6) is 0 Å². The van der Waals surface area contributed by atoms with Crippen molar-refractivity contribution < 1.29 is 48.0 Å². The molecule has 10 heteroatoms. The fourth-order valence-electron chi connectivity index (χ4n) is 11.2. The predicted molar refractivity (Wildman–Crippen MR) is 198 cm³/mol. The van der Waals surface area contributed by atoms with E-state index in [0.717, 1.165) is 24.0 Å². The Hall–Kier alpha value is -3.76. The second-order valence-corrected chi connectivity index (χ2v) is 16.2. The van der Waals surface area contributed by atoms with Gasteiger partial charge < -0.3 is 28.8 Å². The molecule has 0 amide bonds. The van der Waals surface area contributed by atoms with Crippen LogP contribution < -0.4 is 0 Å². The van der Waals surface area contributed by atoms with Crippen molar-refractivity contribution in [2.24, 2.45) is 34.0 Å². The van der Waals surface area contributed by atoms with E-state index >= 15 is 0 Å². The first-order valence-electron chi connectivity index (χ1n) is 19.0. The molecule has 4 aliphatic rings. The van der Waals surface area contributed by atoms with Gasteiger partial charge in [0.15, 0.2) is 6.10 Å². The second kappa shape index (κ2) is 15.5. The minimum atomic E-state index is -1.32. The van der Waals surface area contributed by atoms with Crippen molar-refractivity contribution in [2.75, 3.05) is 13.2 Å². The van der Waals surface area contributed by atoms with Crippen LogP contribution in [0.2, 0.25) is 0 Å². The summed E-state index contributed by atoms with van der Waals surface area (Å²) in [5.41, 5.74) is -1.17. The lowest BCUT2D eigenvalue weighted by Gasteiger charge is -2.71. The van der Waals surface area contributed by atoms with Crippen LogP contribution in [0.3, 0.4) is 0 Å². The molecule has 1 aliphatic heterocycles. The molecule has 0 aromatic heterocycles. The van der Waals surface area contributed by atoms with Gasteiger partial charge in [-0.2, -0.15) is 0 Å². The third-order valence-electron chi connectivity index (χ3n) is 13.2. The number of carbonyl (C=O) groups excluding carboxylic acids is 4. The van der Waals surface area contributed by atoms with Crippen molar-refractivity contribution >= 4 is 23.9 Å². The lowest BCUT2D eigenvalue weighted by Crippen LogP contribution is -2.76. The van der Waals surface area contributed by atoms with Crippen molar-refractivity contribution in [3.63, 3.8) is 0 Å². The summed E-state index contributed by atoms with van der Waals surface area (Å²) >= 11 is 0. The number of esters is 4. The van der Waals surface area contributed by atoms with Crippen LogP contribution in [-0.2, 0) is 55.7 Å². The number of aliphatic hydroxyl groups is 1. The van der Waals surface area contributed by atoms with E-state index in [4.69, 9.17) is 23.7 Å². The van der Waals surface area contributed by atoms with Gasteiger partial charge in [-0.1, -0.05) is 56.3 Å². The van der Waals surface area contributed by atoms with Crippen LogP contribution in [-0.4, -0.2) is 72.2 Å². The quantitative estimate of drug-likeness (QED) is 0.154. The first-order valence-corrected chi connectivity index (χ1v) is 19.0. The maximum absolute atomic E-state index is 13.2. The molecular weight excluding hydrogens is 676 g/mol. The number of benzene rings is 1. The van der Waals surface area contributed by atoms with Crippen LogP contribution in [0.15, 0.2) is 60.7 Å². The van der Waals surface area contributed by atoms with Crippen LogP contribution in [0.4, 0.5) is 0 Å². The molecule has 53 heavy (non-hydrogen) atoms. The Morgan fingerprint density at radius 1 is 0.981 bits per heavy atom. The predicted octanol–water partition coefficient (Wildman–Crippen LogP) is 6.42. The van der Waals surface area contributed by atoms with Gasteiger partial charge in [-0.15, -0.1) is 6.58 Å². The first-order chi connectivity index (χ1) is 25.0. The highest BCUT2D eigenvalue weighted by atomic mass is 16.6. The van der Waals surface area contributed by atoms with Gasteiger partial charge in [-0.3, -0.25) is 19.2 Å². The lowest BCUT2D eigenvalue weighted by atomic mass is 9.35. The maximum Gasteiger partial charge on any atom is 0.303 e. The molecule has 0 radical (unpaired) electrons. The summed E-state index contributed by atoms with van der Waals surface area (Å²) in [5, 5.41) is 13.1. The Bertz CT molecular complexity index is 1650. The Morgan fingerprint density at radius 2 is 1.62 bits per heavy atom. The number of carbonyl (C=O) groups is 4. The molecular formula is C43H58O10. The number of hydrogen-bond acceptors (Lipinski definition) is 10. The van der Waals surface area contributed by atoms with Crippen molar-refractivity contribution in [1.82, 2.24) is 0 Å². The zero-order valence-corrected chi connectivity index (χ0v) is 32.6. The Kier molecular flexibility index (Phi) is 11.9. The minimum absolute atomic E-state index is 0.0544. The average Bonchev–Trinajstić information content (AvgIpc) is 3.31. The van der Waals surface area contributed by atoms with E-state index in [-0.39, 0.29) is 13.2 Å². The zero-order valence-electron chi connectivity index (χ0n) is 32.6. The van der Waals surface area contributed by atoms with Gasteiger partial charge in [0, 0.05) is 44.9 Å². The molecule has 2 saturated carbocycles. The summed E-state index contributed by atoms with van der Waals surface area (Å²) in [4.78, 5) is 51.8. The monoisotopic (exact) mass is 734 g/mol. The molecule has 11 atom stereocenters. The number of hydrogen-bond donors (Lipinski definition) is 1. The van der Waals surface area contributed by atoms with E-state index < -0.39 is 87.9 Å². The topological polar surface area (TPSA) is 135 Å². The van der Waals surface area contributed by atoms with Gasteiger partial charge in [0.2, 0.25) is 0 Å². The summed E-state index contributed by atoms with van der Waals surface area (Å²) in [6.45, 7) is 17.4. The highest BCUT2D eigenvalue weighted by Crippen LogP contribution is 2.72. The maximum atomic E-state index is 13.2. The van der Waals surface area contributed by atoms with Gasteiger partial charge in [0.1, 0.15) is 18.3 Å². The highest BCUT2D eigenvalue weighted by Gasteiger charge is 2.76. The molecule has 1 N–H and O–H groups in total. The summed E-state index contributed by atoms with van der Waals surface area (Å²) in [6.07, 6.45) is 7.75. The lowest BCUT2D eigenvalue weighted by molar-refractivity contribution is -0.304. The van der Waals surface area contributed by atoms with Crippen LogP contribution >= 0.6 is 0 Å². The zero-order chi connectivity index (χ0) is 38.9. The molecule has 290 valence electrons. The fraction of sp³-hybridized carbons (Fsp3) is 0.628. The summed E-state index contributed by atoms with van der Waals surface area (Å²) in [7, 11) is 0. The Labute approximate surface area is 314 Å². The van der Waals surface area contributed by atoms with Gasteiger partial charge >= 0.3 is 23.9 Å². The Balaban J connectivity index is 1.74. The van der Waals surface area contributed by atoms with E-state index in [0.29, 0.717) is 25.7 Å². The van der Waals surface area contributed by atoms with E-state index in [1.165, 1.54) is 33.3 Å². The van der Waals surface area contributed by atoms with E-state index in [1.54, 1.807) is 6.92 Å². The fourth-order valence-corrected chi connectivity index (χ4v) is 11.2. The number of allylic oxidation sites excluding steroid dienone is 2. The normalized spacial score (nSPS) is 36.6. The first kappa shape index (κ1) is 40.4. The third kappa shape index (κ3) is 7.13. The average molecular weight is 735 g/mol. The SMILES string of the molecule is C=CCCc1ccccc1CC[C@]1(O)C(C)=C[C@@H](OC(C)=O)[C@]2(C)C3C(OC(C)=O)[C@H](OC(C)=O)[C@@]4(C(C)OC(C)=O)COCC=CC4[C@]3(C)CCC21. The molecule has 5 unspecified atom stereocenters. The van der Waals surface area contributed by atoms with Crippen molar-refractivity contribution in [3.8, 4) is 0 Å². The van der Waals surface area contributed by atoms with Gasteiger partial charge in [0.25, 0.3) is 0 Å². The van der Waals surface area contributed by atoms with E-state index in [9.17, 15) is 24.3 Å². The van der Waals surface area contributed by atoms with E-state index in [2.05, 4.69) is 31.7 Å². The summed E-state index contributed by atoms with van der Waals surface area (Å²) in [5.74, 6) is -3.67. The van der Waals surface area contributed by atoms with Crippen LogP contribution in [0.1, 0.15) is 92.2 Å². The molecule has 1 heterocycles. The standard InChI is InChI=1S/C43H58O10/c1-10-11-15-32-16-12-13-17-33(32)19-22-43(48)26(2)24-36(51-29(5)45)41(9)35(43)20-21-40(8)34-18-14-23-49-25-42(34,27(3)50-28(4)44)39(53-31(7)47)37(38(40)41)52-30(6)46/h10,12-14,16-18,24,27,34-39,48H,1,11,15,19-23,25H2,2-9H3/t27?,34?,35?,36-,37?,38?,39+,40+,41-,42-,43+/m1/s1. The van der Waals surface area contributed by atoms with Gasteiger partial charge in [-0.25, -0.2) is 0 Å². The van der Waals surface area contributed by atoms with E-state index in [1.807, 2.05) is 44.2 Å². The van der Waals surface area contributed by atoms with Gasteiger partial charge in [0.05, 0.1) is 24.2 Å². The second-order valence-electron chi connectivity index (χ2n) is 16.2. The smallest absolute Gasteiger partial charge is 0.303 e. The molecule has 0 saturated heterocycles. The molecule has 0 bridgehead atoms. The molecule has 2 fully saturated rings. The molecule has 0 spiro atoms. The molecule has 5 rings (SSSR count). The van der Waals surface area contributed by atoms with Gasteiger partial charge in [-0.05, 0) is 86.5 Å². The van der Waals surface area contributed by atoms with Crippen molar-refractivity contribution in [3.05, 3.63) is 71.8 Å². The van der Waals surface area contributed by atoms with Crippen molar-refractivity contribution in [2.45, 2.75) is 124 Å². The minimum Gasteiger partial charge on any atom is -0.462 e. The Morgan fingerprint density at radius 3 is 2.23 bits per heavy atom. The molecule has 3 aliphatic carbocycles. The number of ether oxygens (including phenoxy) is 5. The number of aryl methyl sites for hydroxylation is 2. The van der Waals surface area contributed by atoms with Crippen LogP contribution in [0.25, 0.3) is 0 Å². The highest BCUT2D eigenvalue weighted by molar-refractivity contribution is 5.68.